The van der Waals surface area contributed by atoms with Crippen molar-refractivity contribution in [1.82, 2.24) is 9.97 Å². The van der Waals surface area contributed by atoms with Crippen LogP contribution in [-0.4, -0.2) is 27.5 Å². The second-order valence-corrected chi connectivity index (χ2v) is 5.67. The smallest absolute Gasteiger partial charge is 0.252 e. The fourth-order valence-electron chi connectivity index (χ4n) is 1.75. The molecule has 0 aliphatic heterocycles. The topological polar surface area (TPSA) is 75.0 Å². The summed E-state index contributed by atoms with van der Waals surface area (Å²) in [4.78, 5) is 21.5. The number of thiocarbonyl (C=S) groups is 1. The van der Waals surface area contributed by atoms with Crippen LogP contribution in [0.5, 0.6) is 0 Å². The van der Waals surface area contributed by atoms with Gasteiger partial charge in [0.2, 0.25) is 0 Å². The number of rotatable bonds is 6. The van der Waals surface area contributed by atoms with Crippen molar-refractivity contribution in [2.45, 2.75) is 46.1 Å². The molecule has 0 spiro atoms. The summed E-state index contributed by atoms with van der Waals surface area (Å²) in [6.45, 7) is 8.77. The molecular formula is C13H22N4OS. The largest absolute Gasteiger partial charge is 0.393 e. The second kappa shape index (κ2) is 6.65. The zero-order valence-corrected chi connectivity index (χ0v) is 12.8. The molecule has 6 heteroatoms. The zero-order valence-electron chi connectivity index (χ0n) is 11.9. The highest BCUT2D eigenvalue weighted by Gasteiger charge is 2.15. The molecule has 106 valence electrons. The summed E-state index contributed by atoms with van der Waals surface area (Å²) < 4.78 is 0. The molecular weight excluding hydrogens is 260 g/mol. The quantitative estimate of drug-likeness (QED) is 0.778. The maximum atomic E-state index is 11.7. The molecule has 0 unspecified atom stereocenters. The Morgan fingerprint density at radius 1 is 1.47 bits per heavy atom. The first-order chi connectivity index (χ1) is 8.81. The molecule has 0 aromatic carbocycles. The lowest BCUT2D eigenvalue weighted by molar-refractivity contribution is 0.668. The Hall–Kier alpha value is -1.43. The van der Waals surface area contributed by atoms with Crippen LogP contribution in [0.4, 0.5) is 5.82 Å². The Kier molecular flexibility index (Phi) is 5.47. The Morgan fingerprint density at radius 3 is 2.58 bits per heavy atom. The van der Waals surface area contributed by atoms with Gasteiger partial charge in [0.1, 0.15) is 11.6 Å². The van der Waals surface area contributed by atoms with Crippen molar-refractivity contribution in [3.8, 4) is 0 Å². The van der Waals surface area contributed by atoms with E-state index >= 15 is 0 Å². The summed E-state index contributed by atoms with van der Waals surface area (Å²) in [5.74, 6) is 1.56. The van der Waals surface area contributed by atoms with Gasteiger partial charge in [0, 0.05) is 31.0 Å². The number of hydrogen-bond acceptors (Lipinski definition) is 4. The van der Waals surface area contributed by atoms with Crippen LogP contribution in [-0.2, 0) is 0 Å². The summed E-state index contributed by atoms with van der Waals surface area (Å²) in [6, 6.07) is 1.74. The molecule has 0 fully saturated rings. The highest BCUT2D eigenvalue weighted by Crippen LogP contribution is 2.15. The number of anilines is 1. The van der Waals surface area contributed by atoms with Crippen LogP contribution in [0.25, 0.3) is 0 Å². The summed E-state index contributed by atoms with van der Waals surface area (Å²) in [5.41, 5.74) is 5.41. The average Bonchev–Trinajstić information content (AvgIpc) is 2.27. The number of nitrogens with zero attached hydrogens (tertiary/aromatic N) is 2. The Morgan fingerprint density at radius 2 is 2.11 bits per heavy atom. The van der Waals surface area contributed by atoms with Crippen LogP contribution in [0.15, 0.2) is 10.9 Å². The third kappa shape index (κ3) is 4.63. The van der Waals surface area contributed by atoms with E-state index in [-0.39, 0.29) is 17.5 Å². The van der Waals surface area contributed by atoms with E-state index in [0.29, 0.717) is 29.6 Å². The lowest BCUT2D eigenvalue weighted by atomic mass is 10.2. The highest BCUT2D eigenvalue weighted by molar-refractivity contribution is 7.80. The van der Waals surface area contributed by atoms with E-state index in [1.807, 2.05) is 18.7 Å². The Labute approximate surface area is 119 Å². The van der Waals surface area contributed by atoms with E-state index in [2.05, 4.69) is 23.8 Å². The number of H-pyrrole nitrogens is 1. The Balaban J connectivity index is 3.08. The molecule has 0 bridgehead atoms. The SMILES string of the molecule is CC(C)c1nc(N(CCC(N)=S)C(C)C)cc(=O)[nH]1. The number of aromatic nitrogens is 2. The molecule has 3 N–H and O–H groups in total. The van der Waals surface area contributed by atoms with E-state index in [1.165, 1.54) is 6.07 Å². The zero-order chi connectivity index (χ0) is 14.6. The molecule has 0 saturated carbocycles. The van der Waals surface area contributed by atoms with Gasteiger partial charge >= 0.3 is 0 Å². The molecule has 0 radical (unpaired) electrons. The van der Waals surface area contributed by atoms with Crippen LogP contribution in [0.2, 0.25) is 0 Å². The summed E-state index contributed by atoms with van der Waals surface area (Å²) in [6.07, 6.45) is 0.610. The normalized spacial score (nSPS) is 11.1. The van der Waals surface area contributed by atoms with Crippen LogP contribution in [0.3, 0.4) is 0 Å². The minimum atomic E-state index is -0.130. The number of hydrogen-bond donors (Lipinski definition) is 2. The second-order valence-electron chi connectivity index (χ2n) is 5.15. The van der Waals surface area contributed by atoms with Gasteiger partial charge in [-0.1, -0.05) is 26.1 Å². The van der Waals surface area contributed by atoms with Crippen molar-refractivity contribution in [2.24, 2.45) is 5.73 Å². The van der Waals surface area contributed by atoms with E-state index < -0.39 is 0 Å². The van der Waals surface area contributed by atoms with Crippen molar-refractivity contribution in [3.05, 3.63) is 22.2 Å². The molecule has 5 nitrogen and oxygen atoms in total. The van der Waals surface area contributed by atoms with Gasteiger partial charge in [-0.25, -0.2) is 4.98 Å². The third-order valence-electron chi connectivity index (χ3n) is 2.81. The fraction of sp³-hybridized carbons (Fsp3) is 0.615. The predicted octanol–water partition coefficient (Wildman–Crippen LogP) is 1.78. The summed E-state index contributed by atoms with van der Waals surface area (Å²) in [5, 5.41) is 0. The van der Waals surface area contributed by atoms with E-state index in [4.69, 9.17) is 18.0 Å². The molecule has 19 heavy (non-hydrogen) atoms. The van der Waals surface area contributed by atoms with Crippen molar-refractivity contribution < 1.29 is 0 Å². The van der Waals surface area contributed by atoms with Gasteiger partial charge in [-0.15, -0.1) is 0 Å². The molecule has 1 heterocycles. The first kappa shape index (κ1) is 15.6. The van der Waals surface area contributed by atoms with Gasteiger partial charge in [0.15, 0.2) is 0 Å². The first-order valence-corrected chi connectivity index (χ1v) is 6.88. The minimum absolute atomic E-state index is 0.130. The highest BCUT2D eigenvalue weighted by atomic mass is 32.1. The van der Waals surface area contributed by atoms with E-state index in [9.17, 15) is 4.79 Å². The van der Waals surface area contributed by atoms with Gasteiger partial charge in [0.05, 0.1) is 4.99 Å². The van der Waals surface area contributed by atoms with Gasteiger partial charge in [-0.3, -0.25) is 4.79 Å². The number of nitrogens with one attached hydrogen (secondary N) is 1. The van der Waals surface area contributed by atoms with Crippen molar-refractivity contribution in [1.29, 1.82) is 0 Å². The Bertz CT molecular complexity index is 496. The monoisotopic (exact) mass is 282 g/mol. The van der Waals surface area contributed by atoms with E-state index in [1.54, 1.807) is 0 Å². The third-order valence-corrected chi connectivity index (χ3v) is 3.01. The molecule has 0 amide bonds. The van der Waals surface area contributed by atoms with Gasteiger partial charge in [-0.05, 0) is 13.8 Å². The fourth-order valence-corrected chi connectivity index (χ4v) is 1.84. The van der Waals surface area contributed by atoms with Gasteiger partial charge in [0.25, 0.3) is 5.56 Å². The van der Waals surface area contributed by atoms with Crippen molar-refractivity contribution >= 4 is 23.0 Å². The lowest BCUT2D eigenvalue weighted by Gasteiger charge is -2.28. The molecule has 0 aliphatic carbocycles. The molecule has 1 rings (SSSR count). The number of nitrogens with two attached hydrogens (primary N) is 1. The first-order valence-electron chi connectivity index (χ1n) is 6.47. The number of aromatic amines is 1. The van der Waals surface area contributed by atoms with Gasteiger partial charge in [-0.2, -0.15) is 0 Å². The van der Waals surface area contributed by atoms with Gasteiger partial charge < -0.3 is 15.6 Å². The lowest BCUT2D eigenvalue weighted by Crippen LogP contribution is -2.35. The average molecular weight is 282 g/mol. The molecule has 0 aliphatic rings. The summed E-state index contributed by atoms with van der Waals surface area (Å²) >= 11 is 4.91. The van der Waals surface area contributed by atoms with E-state index in [0.717, 1.165) is 0 Å². The minimum Gasteiger partial charge on any atom is -0.393 e. The van der Waals surface area contributed by atoms with Crippen LogP contribution in [0, 0.1) is 0 Å². The van der Waals surface area contributed by atoms with Crippen LogP contribution in [0.1, 0.15) is 45.9 Å². The summed E-state index contributed by atoms with van der Waals surface area (Å²) in [7, 11) is 0. The molecule has 1 aromatic heterocycles. The standard InChI is InChI=1S/C13H22N4OS/c1-8(2)13-15-11(7-12(18)16-13)17(9(3)4)6-5-10(14)19/h7-9H,5-6H2,1-4H3,(H2,14,19)(H,15,16,18). The maximum absolute atomic E-state index is 11.7. The van der Waals surface area contributed by atoms with Crippen LogP contribution < -0.4 is 16.2 Å². The molecule has 0 saturated heterocycles. The van der Waals surface area contributed by atoms with Crippen molar-refractivity contribution in [2.75, 3.05) is 11.4 Å². The predicted molar refractivity (Wildman–Crippen MR) is 82.8 cm³/mol. The molecule has 0 atom stereocenters. The van der Waals surface area contributed by atoms with Crippen LogP contribution >= 0.6 is 12.2 Å². The molecule has 1 aromatic rings. The maximum Gasteiger partial charge on any atom is 0.252 e. The van der Waals surface area contributed by atoms with Crippen molar-refractivity contribution in [3.63, 3.8) is 0 Å².